The third-order valence-corrected chi connectivity index (χ3v) is 4.84. The number of rotatable bonds is 6. The van der Waals surface area contributed by atoms with Crippen LogP contribution in [-0.2, 0) is 6.54 Å². The summed E-state index contributed by atoms with van der Waals surface area (Å²) in [7, 11) is 0. The second kappa shape index (κ2) is 8.80. The van der Waals surface area contributed by atoms with Crippen LogP contribution in [0.4, 0.5) is 10.3 Å². The molecule has 0 atom stereocenters. The van der Waals surface area contributed by atoms with Crippen LogP contribution in [0.2, 0.25) is 0 Å². The monoisotopic (exact) mass is 378 g/mol. The van der Waals surface area contributed by atoms with E-state index in [0.717, 1.165) is 43.8 Å². The molecule has 2 heterocycles. The highest BCUT2D eigenvalue weighted by molar-refractivity contribution is 5.32. The van der Waals surface area contributed by atoms with Crippen molar-refractivity contribution in [2.75, 3.05) is 18.4 Å². The Hall–Kier alpha value is -2.99. The summed E-state index contributed by atoms with van der Waals surface area (Å²) in [5, 5.41) is 3.42. The maximum absolute atomic E-state index is 13.0. The van der Waals surface area contributed by atoms with Crippen molar-refractivity contribution in [2.45, 2.75) is 25.4 Å². The second-order valence-corrected chi connectivity index (χ2v) is 6.95. The van der Waals surface area contributed by atoms with Crippen molar-refractivity contribution in [3.63, 3.8) is 0 Å². The van der Waals surface area contributed by atoms with Gasteiger partial charge in [-0.2, -0.15) is 4.98 Å². The number of para-hydroxylation sites is 1. The number of anilines is 1. The molecule has 0 aliphatic carbocycles. The number of likely N-dealkylation sites (tertiary alicyclic amines) is 1. The molecular formula is C22H23FN4O. The van der Waals surface area contributed by atoms with Gasteiger partial charge in [0.2, 0.25) is 11.8 Å². The van der Waals surface area contributed by atoms with Gasteiger partial charge in [0.15, 0.2) is 0 Å². The van der Waals surface area contributed by atoms with Crippen LogP contribution in [0.1, 0.15) is 18.4 Å². The zero-order valence-electron chi connectivity index (χ0n) is 15.6. The topological polar surface area (TPSA) is 50.3 Å². The molecule has 0 spiro atoms. The van der Waals surface area contributed by atoms with E-state index < -0.39 is 0 Å². The van der Waals surface area contributed by atoms with Gasteiger partial charge in [0.05, 0.1) is 0 Å². The number of hydrogen-bond donors (Lipinski definition) is 1. The third-order valence-electron chi connectivity index (χ3n) is 4.84. The Labute approximate surface area is 164 Å². The first-order valence-electron chi connectivity index (χ1n) is 9.54. The van der Waals surface area contributed by atoms with E-state index in [9.17, 15) is 4.39 Å². The standard InChI is InChI=1S/C22H23FN4O/c23-18-8-6-17(7-9-18)16-27-14-11-19(12-15-27)25-22-24-13-10-21(26-22)28-20-4-2-1-3-5-20/h1-10,13,19H,11-12,14-16H2,(H,24,25,26). The summed E-state index contributed by atoms with van der Waals surface area (Å²) in [5.74, 6) is 1.68. The fraction of sp³-hybridized carbons (Fsp3) is 0.273. The Kier molecular flexibility index (Phi) is 5.77. The van der Waals surface area contributed by atoms with Crippen molar-refractivity contribution in [1.82, 2.24) is 14.9 Å². The zero-order chi connectivity index (χ0) is 19.2. The molecule has 0 bridgehead atoms. The van der Waals surface area contributed by atoms with E-state index in [1.54, 1.807) is 12.3 Å². The van der Waals surface area contributed by atoms with Gasteiger partial charge in [0, 0.05) is 37.9 Å². The van der Waals surface area contributed by atoms with Gasteiger partial charge >= 0.3 is 0 Å². The SMILES string of the molecule is Fc1ccc(CN2CCC(Nc3nccc(Oc4ccccc4)n3)CC2)cc1. The number of ether oxygens (including phenoxy) is 1. The number of hydrogen-bond acceptors (Lipinski definition) is 5. The quantitative estimate of drug-likeness (QED) is 0.685. The lowest BCUT2D eigenvalue weighted by Gasteiger charge is -2.32. The molecule has 1 saturated heterocycles. The van der Waals surface area contributed by atoms with E-state index in [4.69, 9.17) is 4.74 Å². The molecule has 2 aromatic carbocycles. The summed E-state index contributed by atoms with van der Waals surface area (Å²) in [5.41, 5.74) is 1.14. The van der Waals surface area contributed by atoms with Crippen LogP contribution in [0, 0.1) is 5.82 Å². The normalized spacial score (nSPS) is 15.3. The van der Waals surface area contributed by atoms with Gasteiger partial charge < -0.3 is 10.1 Å². The highest BCUT2D eigenvalue weighted by Crippen LogP contribution is 2.21. The van der Waals surface area contributed by atoms with E-state index in [-0.39, 0.29) is 5.82 Å². The summed E-state index contributed by atoms with van der Waals surface area (Å²) in [6.07, 6.45) is 3.72. The van der Waals surface area contributed by atoms with E-state index in [1.165, 1.54) is 12.1 Å². The Morgan fingerprint density at radius 1 is 1.00 bits per heavy atom. The van der Waals surface area contributed by atoms with Crippen molar-refractivity contribution in [1.29, 1.82) is 0 Å². The largest absolute Gasteiger partial charge is 0.439 e. The Morgan fingerprint density at radius 3 is 2.50 bits per heavy atom. The van der Waals surface area contributed by atoms with Crippen LogP contribution in [0.3, 0.4) is 0 Å². The number of aromatic nitrogens is 2. The third kappa shape index (κ3) is 5.04. The predicted octanol–water partition coefficient (Wildman–Crippen LogP) is 4.48. The number of nitrogens with zero attached hydrogens (tertiary/aromatic N) is 3. The maximum atomic E-state index is 13.0. The van der Waals surface area contributed by atoms with E-state index in [1.807, 2.05) is 42.5 Å². The average Bonchev–Trinajstić information content (AvgIpc) is 2.72. The van der Waals surface area contributed by atoms with Gasteiger partial charge in [0.25, 0.3) is 0 Å². The van der Waals surface area contributed by atoms with Crippen molar-refractivity contribution < 1.29 is 9.13 Å². The molecule has 3 aromatic rings. The van der Waals surface area contributed by atoms with Crippen LogP contribution in [0.15, 0.2) is 66.9 Å². The summed E-state index contributed by atoms with van der Waals surface area (Å²) in [6, 6.07) is 18.4. The summed E-state index contributed by atoms with van der Waals surface area (Å²) in [6.45, 7) is 2.81. The molecule has 1 N–H and O–H groups in total. The highest BCUT2D eigenvalue weighted by Gasteiger charge is 2.20. The van der Waals surface area contributed by atoms with E-state index >= 15 is 0 Å². The van der Waals surface area contributed by atoms with Crippen molar-refractivity contribution >= 4 is 5.95 Å². The van der Waals surface area contributed by atoms with Crippen molar-refractivity contribution in [3.8, 4) is 11.6 Å². The molecule has 144 valence electrons. The van der Waals surface area contributed by atoms with Gasteiger partial charge in [-0.05, 0) is 42.7 Å². The maximum Gasteiger partial charge on any atom is 0.226 e. The van der Waals surface area contributed by atoms with Gasteiger partial charge in [-0.15, -0.1) is 0 Å². The Morgan fingerprint density at radius 2 is 1.75 bits per heavy atom. The number of nitrogens with one attached hydrogen (secondary N) is 1. The molecule has 0 saturated carbocycles. The molecular weight excluding hydrogens is 355 g/mol. The molecule has 4 rings (SSSR count). The zero-order valence-corrected chi connectivity index (χ0v) is 15.6. The van der Waals surface area contributed by atoms with Crippen LogP contribution in [-0.4, -0.2) is 34.0 Å². The molecule has 1 aliphatic rings. The minimum Gasteiger partial charge on any atom is -0.439 e. The van der Waals surface area contributed by atoms with Crippen molar-refractivity contribution in [2.24, 2.45) is 0 Å². The molecule has 0 amide bonds. The van der Waals surface area contributed by atoms with Gasteiger partial charge in [-0.1, -0.05) is 30.3 Å². The molecule has 28 heavy (non-hydrogen) atoms. The van der Waals surface area contributed by atoms with Gasteiger partial charge in [-0.25, -0.2) is 9.37 Å². The predicted molar refractivity (Wildman–Crippen MR) is 107 cm³/mol. The first-order chi connectivity index (χ1) is 13.7. The van der Waals surface area contributed by atoms with E-state index in [2.05, 4.69) is 20.2 Å². The number of benzene rings is 2. The van der Waals surface area contributed by atoms with E-state index in [0.29, 0.717) is 17.9 Å². The lowest BCUT2D eigenvalue weighted by Crippen LogP contribution is -2.38. The lowest BCUT2D eigenvalue weighted by atomic mass is 10.0. The molecule has 6 heteroatoms. The Balaban J connectivity index is 1.28. The molecule has 0 unspecified atom stereocenters. The average molecular weight is 378 g/mol. The van der Waals surface area contributed by atoms with Crippen LogP contribution in [0.5, 0.6) is 11.6 Å². The lowest BCUT2D eigenvalue weighted by molar-refractivity contribution is 0.211. The number of halogens is 1. The first kappa shape index (κ1) is 18.4. The molecule has 5 nitrogen and oxygen atoms in total. The highest BCUT2D eigenvalue weighted by atomic mass is 19.1. The molecule has 1 fully saturated rings. The molecule has 1 aromatic heterocycles. The summed E-state index contributed by atoms with van der Waals surface area (Å²) in [4.78, 5) is 11.2. The minimum atomic E-state index is -0.190. The molecule has 1 aliphatic heterocycles. The van der Waals surface area contributed by atoms with Crippen LogP contribution >= 0.6 is 0 Å². The fourth-order valence-electron chi connectivity index (χ4n) is 3.34. The summed E-state index contributed by atoms with van der Waals surface area (Å²) >= 11 is 0. The first-order valence-corrected chi connectivity index (χ1v) is 9.54. The van der Waals surface area contributed by atoms with Crippen LogP contribution < -0.4 is 10.1 Å². The second-order valence-electron chi connectivity index (χ2n) is 6.95. The number of piperidine rings is 1. The summed E-state index contributed by atoms with van der Waals surface area (Å²) < 4.78 is 18.8. The van der Waals surface area contributed by atoms with Gasteiger partial charge in [-0.3, -0.25) is 4.90 Å². The van der Waals surface area contributed by atoms with Crippen molar-refractivity contribution in [3.05, 3.63) is 78.2 Å². The Bertz CT molecular complexity index is 881. The molecule has 0 radical (unpaired) electrons. The van der Waals surface area contributed by atoms with Gasteiger partial charge in [0.1, 0.15) is 11.6 Å². The fourth-order valence-corrected chi connectivity index (χ4v) is 3.34. The van der Waals surface area contributed by atoms with Crippen LogP contribution in [0.25, 0.3) is 0 Å². The smallest absolute Gasteiger partial charge is 0.226 e. The minimum absolute atomic E-state index is 0.190.